The average Bonchev–Trinajstić information content (AvgIpc) is 2.56. The summed E-state index contributed by atoms with van der Waals surface area (Å²) in [6.07, 6.45) is 0. The van der Waals surface area contributed by atoms with Gasteiger partial charge in [0.1, 0.15) is 5.75 Å². The quantitative estimate of drug-likeness (QED) is 0.552. The summed E-state index contributed by atoms with van der Waals surface area (Å²) in [4.78, 5) is 3.99. The molecule has 0 aliphatic carbocycles. The summed E-state index contributed by atoms with van der Waals surface area (Å²) in [6, 6.07) is 5.22. The molecule has 0 unspecified atom stereocenters. The van der Waals surface area contributed by atoms with Crippen molar-refractivity contribution in [2.75, 3.05) is 11.3 Å². The summed E-state index contributed by atoms with van der Waals surface area (Å²) < 4.78 is 39.4. The first-order valence-electron chi connectivity index (χ1n) is 4.75. The normalized spacial score (nSPS) is 11.0. The molecule has 0 fully saturated rings. The van der Waals surface area contributed by atoms with Crippen molar-refractivity contribution in [1.82, 2.24) is 4.98 Å². The van der Waals surface area contributed by atoms with E-state index in [9.17, 15) is 13.0 Å². The molecule has 2 aromatic rings. The Bertz CT molecular complexity index is 641. The van der Waals surface area contributed by atoms with Gasteiger partial charge in [0.25, 0.3) is 0 Å². The molecule has 0 saturated heterocycles. The summed E-state index contributed by atoms with van der Waals surface area (Å²) in [5.41, 5.74) is 0.590. The molecule has 18 heavy (non-hydrogen) atoms. The van der Waals surface area contributed by atoms with Gasteiger partial charge in [-0.2, -0.15) is 0 Å². The first-order valence-corrected chi connectivity index (χ1v) is 6.97. The summed E-state index contributed by atoms with van der Waals surface area (Å²) in [5, 5.41) is 0.0589. The molecule has 0 bridgehead atoms. The Kier molecular flexibility index (Phi) is 5.38. The van der Waals surface area contributed by atoms with Gasteiger partial charge in [-0.1, -0.05) is 11.3 Å². The van der Waals surface area contributed by atoms with Gasteiger partial charge in [0.2, 0.25) is 0 Å². The number of rotatable bonds is 4. The van der Waals surface area contributed by atoms with Crippen LogP contribution in [-0.4, -0.2) is 24.6 Å². The van der Waals surface area contributed by atoms with Gasteiger partial charge < -0.3 is 9.29 Å². The number of fused-ring (bicyclic) bond motifs is 1. The molecule has 1 aromatic carbocycles. The molecule has 0 amide bonds. The van der Waals surface area contributed by atoms with Crippen molar-refractivity contribution >= 4 is 37.0 Å². The van der Waals surface area contributed by atoms with Crippen LogP contribution in [0.15, 0.2) is 18.2 Å². The molecule has 0 aliphatic rings. The maximum atomic E-state index is 10.5. The van der Waals surface area contributed by atoms with Gasteiger partial charge in [-0.05, 0) is 19.1 Å². The molecule has 9 heteroatoms. The molecule has 1 heterocycles. The van der Waals surface area contributed by atoms with Crippen LogP contribution in [0.2, 0.25) is 0 Å². The monoisotopic (exact) mass is 296 g/mol. The first-order chi connectivity index (χ1) is 7.98. The number of nitrogens with zero attached hydrogens (tertiary/aromatic N) is 1. The van der Waals surface area contributed by atoms with Crippen LogP contribution >= 0.6 is 11.3 Å². The van der Waals surface area contributed by atoms with Crippen LogP contribution in [0.5, 0.6) is 5.75 Å². The molecular weight excluding hydrogens is 287 g/mol. The van der Waals surface area contributed by atoms with E-state index in [2.05, 4.69) is 4.98 Å². The van der Waals surface area contributed by atoms with Crippen molar-refractivity contribution in [3.63, 3.8) is 0 Å². The van der Waals surface area contributed by atoms with Crippen LogP contribution in [0.1, 0.15) is 6.92 Å². The molecular formula is C9H9N2NaO4S2. The third-order valence-electron chi connectivity index (χ3n) is 1.88. The van der Waals surface area contributed by atoms with Gasteiger partial charge in [0.15, 0.2) is 15.4 Å². The summed E-state index contributed by atoms with van der Waals surface area (Å²) in [5.74, 6) is 0.654. The fourth-order valence-corrected chi connectivity index (χ4v) is 2.74. The number of hydrogen-bond acceptors (Lipinski definition) is 6. The maximum absolute atomic E-state index is 10.5. The Hall–Kier alpha value is -0.380. The minimum absolute atomic E-state index is 0. The number of thiazole rings is 1. The maximum Gasteiger partial charge on any atom is 1.00 e. The number of ether oxygens (including phenoxy) is 1. The smallest absolute Gasteiger partial charge is 0.731 e. The number of aromatic nitrogens is 1. The van der Waals surface area contributed by atoms with Crippen molar-refractivity contribution in [2.45, 2.75) is 6.92 Å². The molecule has 6 nitrogen and oxygen atoms in total. The predicted molar refractivity (Wildman–Crippen MR) is 64.1 cm³/mol. The molecule has 0 spiro atoms. The summed E-state index contributed by atoms with van der Waals surface area (Å²) >= 11 is 1.09. The van der Waals surface area contributed by atoms with Crippen molar-refractivity contribution in [3.05, 3.63) is 18.2 Å². The zero-order valence-corrected chi connectivity index (χ0v) is 13.5. The van der Waals surface area contributed by atoms with Gasteiger partial charge in [0.05, 0.1) is 16.8 Å². The second-order valence-electron chi connectivity index (χ2n) is 3.14. The van der Waals surface area contributed by atoms with E-state index in [1.807, 2.05) is 6.92 Å². The second-order valence-corrected chi connectivity index (χ2v) is 5.28. The van der Waals surface area contributed by atoms with Gasteiger partial charge in [-0.3, -0.25) is 4.72 Å². The second kappa shape index (κ2) is 6.18. The van der Waals surface area contributed by atoms with Crippen molar-refractivity contribution in [2.24, 2.45) is 0 Å². The summed E-state index contributed by atoms with van der Waals surface area (Å²) in [7, 11) is -4.53. The van der Waals surface area contributed by atoms with Crippen LogP contribution in [0.3, 0.4) is 0 Å². The van der Waals surface area contributed by atoms with Crippen molar-refractivity contribution < 1.29 is 47.3 Å². The molecule has 0 saturated carbocycles. The Morgan fingerprint density at radius 1 is 1.50 bits per heavy atom. The largest absolute Gasteiger partial charge is 1.00 e. The Labute approximate surface area is 131 Å². The fraction of sp³-hybridized carbons (Fsp3) is 0.222. The van der Waals surface area contributed by atoms with Crippen molar-refractivity contribution in [1.29, 1.82) is 0 Å². The first kappa shape index (κ1) is 15.7. The minimum Gasteiger partial charge on any atom is -0.731 e. The van der Waals surface area contributed by atoms with Gasteiger partial charge in [0, 0.05) is 6.07 Å². The average molecular weight is 296 g/mol. The van der Waals surface area contributed by atoms with E-state index in [0.29, 0.717) is 17.9 Å². The zero-order valence-electron chi connectivity index (χ0n) is 9.84. The standard InChI is InChI=1S/C9H10N2O4S2.Na/c1-2-15-6-3-4-8-7(5-6)10-9(16-8)11-17(12,13)14;/h3-5H,2H2,1H3,(H,10,11)(H,12,13,14);/q;+1/p-1. The van der Waals surface area contributed by atoms with E-state index >= 15 is 0 Å². The molecule has 0 radical (unpaired) electrons. The molecule has 0 atom stereocenters. The Morgan fingerprint density at radius 2 is 2.22 bits per heavy atom. The zero-order chi connectivity index (χ0) is 12.5. The van der Waals surface area contributed by atoms with Crippen LogP contribution in [0.4, 0.5) is 5.13 Å². The third kappa shape index (κ3) is 4.08. The van der Waals surface area contributed by atoms with E-state index < -0.39 is 10.3 Å². The van der Waals surface area contributed by atoms with Gasteiger partial charge in [-0.25, -0.2) is 13.4 Å². The van der Waals surface area contributed by atoms with Gasteiger partial charge in [-0.15, -0.1) is 0 Å². The predicted octanol–water partition coefficient (Wildman–Crippen LogP) is -1.43. The number of hydrogen-bond donors (Lipinski definition) is 1. The van der Waals surface area contributed by atoms with Gasteiger partial charge >= 0.3 is 29.6 Å². The number of benzene rings is 1. The molecule has 1 aromatic heterocycles. The SMILES string of the molecule is CCOc1ccc2sc(NS(=O)(=O)[O-])nc2c1.[Na+]. The van der Waals surface area contributed by atoms with Crippen LogP contribution in [0.25, 0.3) is 10.2 Å². The van der Waals surface area contributed by atoms with Crippen LogP contribution in [-0.2, 0) is 10.3 Å². The topological polar surface area (TPSA) is 91.3 Å². The number of anilines is 1. The summed E-state index contributed by atoms with van der Waals surface area (Å²) in [6.45, 7) is 2.40. The fourth-order valence-electron chi connectivity index (χ4n) is 1.31. The molecule has 0 aliphatic heterocycles. The minimum atomic E-state index is -4.53. The molecule has 1 N–H and O–H groups in total. The Balaban J connectivity index is 0.00000162. The molecule has 2 rings (SSSR count). The van der Waals surface area contributed by atoms with E-state index in [1.165, 1.54) is 0 Å². The van der Waals surface area contributed by atoms with E-state index in [0.717, 1.165) is 16.0 Å². The van der Waals surface area contributed by atoms with Crippen LogP contribution in [0, 0.1) is 0 Å². The van der Waals surface area contributed by atoms with E-state index in [4.69, 9.17) is 4.74 Å². The van der Waals surface area contributed by atoms with Crippen LogP contribution < -0.4 is 39.0 Å². The van der Waals surface area contributed by atoms with E-state index in [-0.39, 0.29) is 34.7 Å². The molecule has 92 valence electrons. The number of nitrogens with one attached hydrogen (secondary N) is 1. The third-order valence-corrected chi connectivity index (χ3v) is 3.41. The van der Waals surface area contributed by atoms with Crippen molar-refractivity contribution in [3.8, 4) is 5.75 Å². The van der Waals surface area contributed by atoms with E-state index in [1.54, 1.807) is 22.9 Å². The Morgan fingerprint density at radius 3 is 2.83 bits per heavy atom.